The van der Waals surface area contributed by atoms with Crippen LogP contribution in [0.2, 0.25) is 5.02 Å². The number of rotatable bonds is 5. The molecule has 1 aliphatic heterocycles. The Morgan fingerprint density at radius 1 is 1.03 bits per heavy atom. The Kier molecular flexibility index (Phi) is 6.75. The van der Waals surface area contributed by atoms with Crippen LogP contribution < -0.4 is 15.2 Å². The lowest BCUT2D eigenvalue weighted by Gasteiger charge is -2.23. The van der Waals surface area contributed by atoms with Crippen LogP contribution in [0.4, 0.5) is 5.82 Å². The maximum atomic E-state index is 12.9. The number of aromatic nitrogens is 2. The Morgan fingerprint density at radius 3 is 2.59 bits per heavy atom. The van der Waals surface area contributed by atoms with Gasteiger partial charge in [0, 0.05) is 37.3 Å². The van der Waals surface area contributed by atoms with E-state index in [0.717, 1.165) is 30.0 Å². The molecule has 7 nitrogen and oxygen atoms in total. The fourth-order valence-electron chi connectivity index (χ4n) is 3.79. The van der Waals surface area contributed by atoms with Crippen molar-refractivity contribution in [2.24, 2.45) is 0 Å². The van der Waals surface area contributed by atoms with Gasteiger partial charge >= 0.3 is 0 Å². The second-order valence-corrected chi connectivity index (χ2v) is 8.04. The second kappa shape index (κ2) is 9.87. The van der Waals surface area contributed by atoms with E-state index in [1.165, 1.54) is 10.7 Å². The van der Waals surface area contributed by atoms with E-state index < -0.39 is 0 Å². The average molecular weight is 453 g/mol. The lowest BCUT2D eigenvalue weighted by molar-refractivity contribution is -0.130. The van der Waals surface area contributed by atoms with Gasteiger partial charge in [0.15, 0.2) is 0 Å². The largest absolute Gasteiger partial charge is 0.497 e. The smallest absolute Gasteiger partial charge is 0.271 e. The van der Waals surface area contributed by atoms with Gasteiger partial charge in [-0.25, -0.2) is 0 Å². The number of para-hydroxylation sites is 1. The zero-order valence-electron chi connectivity index (χ0n) is 17.9. The zero-order valence-corrected chi connectivity index (χ0v) is 18.7. The Morgan fingerprint density at radius 2 is 1.84 bits per heavy atom. The molecule has 1 aromatic heterocycles. The molecule has 32 heavy (non-hydrogen) atoms. The Bertz CT molecular complexity index is 1150. The first-order valence-electron chi connectivity index (χ1n) is 10.6. The lowest BCUT2D eigenvalue weighted by Crippen LogP contribution is -2.36. The van der Waals surface area contributed by atoms with Crippen molar-refractivity contribution in [3.05, 3.63) is 81.6 Å². The molecule has 2 aromatic carbocycles. The highest BCUT2D eigenvalue weighted by Gasteiger charge is 2.21. The molecule has 1 fully saturated rings. The molecule has 0 bridgehead atoms. The summed E-state index contributed by atoms with van der Waals surface area (Å²) in [6.45, 7) is 2.65. The molecule has 0 atom stereocenters. The van der Waals surface area contributed by atoms with Crippen LogP contribution in [-0.2, 0) is 11.2 Å². The first kappa shape index (κ1) is 21.9. The zero-order chi connectivity index (χ0) is 22.5. The van der Waals surface area contributed by atoms with Crippen molar-refractivity contribution in [2.45, 2.75) is 12.8 Å². The number of hydrogen-bond acceptors (Lipinski definition) is 5. The summed E-state index contributed by atoms with van der Waals surface area (Å²) in [5.74, 6) is 1.43. The van der Waals surface area contributed by atoms with Crippen molar-refractivity contribution < 1.29 is 9.53 Å². The van der Waals surface area contributed by atoms with E-state index in [-0.39, 0.29) is 17.9 Å². The van der Waals surface area contributed by atoms with E-state index in [0.29, 0.717) is 30.4 Å². The van der Waals surface area contributed by atoms with E-state index in [1.54, 1.807) is 19.2 Å². The summed E-state index contributed by atoms with van der Waals surface area (Å²) in [6, 6.07) is 18.0. The molecule has 4 rings (SSSR count). The summed E-state index contributed by atoms with van der Waals surface area (Å²) in [5.41, 5.74) is 1.33. The van der Waals surface area contributed by atoms with Crippen molar-refractivity contribution in [1.29, 1.82) is 0 Å². The summed E-state index contributed by atoms with van der Waals surface area (Å²) in [7, 11) is 1.58. The minimum absolute atomic E-state index is 0.0427. The van der Waals surface area contributed by atoms with Crippen LogP contribution in [0.1, 0.15) is 12.0 Å². The van der Waals surface area contributed by atoms with Gasteiger partial charge in [0.25, 0.3) is 5.56 Å². The van der Waals surface area contributed by atoms with Gasteiger partial charge in [-0.15, -0.1) is 5.10 Å². The molecular formula is C24H25ClN4O3. The molecule has 0 aliphatic carbocycles. The third kappa shape index (κ3) is 4.94. The van der Waals surface area contributed by atoms with Gasteiger partial charge in [0.05, 0.1) is 19.2 Å². The second-order valence-electron chi connectivity index (χ2n) is 7.63. The van der Waals surface area contributed by atoms with Crippen LogP contribution in [0.25, 0.3) is 5.69 Å². The first-order valence-corrected chi connectivity index (χ1v) is 10.9. The van der Waals surface area contributed by atoms with Crippen LogP contribution in [0.3, 0.4) is 0 Å². The van der Waals surface area contributed by atoms with Gasteiger partial charge in [-0.1, -0.05) is 35.9 Å². The molecule has 1 aliphatic rings. The summed E-state index contributed by atoms with van der Waals surface area (Å²) >= 11 is 6.31. The molecule has 1 saturated heterocycles. The average Bonchev–Trinajstić information content (AvgIpc) is 3.08. The number of halogens is 1. The number of amides is 1. The van der Waals surface area contributed by atoms with Crippen molar-refractivity contribution in [3.63, 3.8) is 0 Å². The van der Waals surface area contributed by atoms with Crippen molar-refractivity contribution >= 4 is 23.3 Å². The molecule has 2 heterocycles. The van der Waals surface area contributed by atoms with Crippen molar-refractivity contribution in [2.75, 3.05) is 38.2 Å². The molecule has 0 spiro atoms. The molecule has 166 valence electrons. The number of ether oxygens (including phenoxy) is 1. The minimum Gasteiger partial charge on any atom is -0.497 e. The SMILES string of the molecule is COc1ccc(CC(=O)N2CCCN(c3ccc(=O)n(-c4ccccc4)n3)CC2)c(Cl)c1. The highest BCUT2D eigenvalue weighted by atomic mass is 35.5. The van der Waals surface area contributed by atoms with Crippen LogP contribution in [0.15, 0.2) is 65.5 Å². The topological polar surface area (TPSA) is 67.7 Å². The summed E-state index contributed by atoms with van der Waals surface area (Å²) in [5, 5.41) is 5.10. The van der Waals surface area contributed by atoms with Crippen molar-refractivity contribution in [3.8, 4) is 11.4 Å². The quantitative estimate of drug-likeness (QED) is 0.594. The molecule has 0 N–H and O–H groups in total. The summed E-state index contributed by atoms with van der Waals surface area (Å²) in [4.78, 5) is 29.2. The molecule has 0 saturated carbocycles. The van der Waals surface area contributed by atoms with Gasteiger partial charge in [0.1, 0.15) is 11.6 Å². The fourth-order valence-corrected chi connectivity index (χ4v) is 4.03. The van der Waals surface area contributed by atoms with E-state index in [2.05, 4.69) is 10.00 Å². The monoisotopic (exact) mass is 452 g/mol. The summed E-state index contributed by atoms with van der Waals surface area (Å²) < 4.78 is 6.58. The number of carbonyl (C=O) groups is 1. The van der Waals surface area contributed by atoms with Gasteiger partial charge in [-0.2, -0.15) is 4.68 Å². The van der Waals surface area contributed by atoms with E-state index in [4.69, 9.17) is 16.3 Å². The molecule has 3 aromatic rings. The van der Waals surface area contributed by atoms with Crippen LogP contribution in [0, 0.1) is 0 Å². The third-order valence-corrected chi connectivity index (χ3v) is 5.91. The number of methoxy groups -OCH3 is 1. The van der Waals surface area contributed by atoms with Gasteiger partial charge in [-0.05, 0) is 42.3 Å². The predicted octanol–water partition coefficient (Wildman–Crippen LogP) is 3.18. The number of anilines is 1. The number of benzene rings is 2. The Hall–Kier alpha value is -3.32. The third-order valence-electron chi connectivity index (χ3n) is 5.56. The number of hydrogen-bond donors (Lipinski definition) is 0. The number of nitrogens with zero attached hydrogens (tertiary/aromatic N) is 4. The maximum Gasteiger partial charge on any atom is 0.271 e. The number of carbonyl (C=O) groups excluding carboxylic acids is 1. The molecule has 1 amide bonds. The summed E-state index contributed by atoms with van der Waals surface area (Å²) in [6.07, 6.45) is 1.06. The van der Waals surface area contributed by atoms with Gasteiger partial charge < -0.3 is 14.5 Å². The Labute approximate surface area is 191 Å². The highest BCUT2D eigenvalue weighted by Crippen LogP contribution is 2.23. The molecule has 0 unspecified atom stereocenters. The van der Waals surface area contributed by atoms with E-state index >= 15 is 0 Å². The first-order chi connectivity index (χ1) is 15.5. The maximum absolute atomic E-state index is 12.9. The fraction of sp³-hybridized carbons (Fsp3) is 0.292. The van der Waals surface area contributed by atoms with E-state index in [9.17, 15) is 9.59 Å². The van der Waals surface area contributed by atoms with Crippen LogP contribution in [-0.4, -0.2) is 53.9 Å². The minimum atomic E-state index is -0.178. The lowest BCUT2D eigenvalue weighted by atomic mass is 10.1. The van der Waals surface area contributed by atoms with Crippen LogP contribution >= 0.6 is 11.6 Å². The molecule has 8 heteroatoms. The molecule has 0 radical (unpaired) electrons. The van der Waals surface area contributed by atoms with Crippen molar-refractivity contribution in [1.82, 2.24) is 14.7 Å². The van der Waals surface area contributed by atoms with Gasteiger partial charge in [-0.3, -0.25) is 9.59 Å². The Balaban J connectivity index is 1.44. The van der Waals surface area contributed by atoms with E-state index in [1.807, 2.05) is 47.4 Å². The predicted molar refractivity (Wildman–Crippen MR) is 125 cm³/mol. The normalized spacial score (nSPS) is 14.2. The standard InChI is InChI=1S/C24H25ClN4O3/c1-32-20-9-8-18(21(25)17-20)16-24(31)28-13-5-12-27(14-15-28)22-10-11-23(30)29(26-22)19-6-3-2-4-7-19/h2-4,6-11,17H,5,12-16H2,1H3. The molecular weight excluding hydrogens is 428 g/mol. The van der Waals surface area contributed by atoms with Gasteiger partial charge in [0.2, 0.25) is 5.91 Å². The highest BCUT2D eigenvalue weighted by molar-refractivity contribution is 6.31. The van der Waals surface area contributed by atoms with Crippen LogP contribution in [0.5, 0.6) is 5.75 Å².